The van der Waals surface area contributed by atoms with Crippen LogP contribution < -0.4 is 0 Å². The Morgan fingerprint density at radius 2 is 2.08 bits per heavy atom. The highest BCUT2D eigenvalue weighted by Gasteiger charge is 2.23. The zero-order valence-electron chi connectivity index (χ0n) is 8.62. The molecule has 2 heteroatoms. The van der Waals surface area contributed by atoms with Crippen molar-refractivity contribution in [2.75, 3.05) is 6.54 Å². The molecule has 0 unspecified atom stereocenters. The normalized spacial score (nSPS) is 18.3. The van der Waals surface area contributed by atoms with Crippen molar-refractivity contribution in [1.29, 1.82) is 0 Å². The van der Waals surface area contributed by atoms with Crippen molar-refractivity contribution >= 4 is 5.91 Å². The van der Waals surface area contributed by atoms with E-state index in [1.165, 1.54) is 25.7 Å². The number of hydrogen-bond acceptors (Lipinski definition) is 1. The van der Waals surface area contributed by atoms with Gasteiger partial charge in [-0.05, 0) is 32.8 Å². The minimum absolute atomic E-state index is 0.178. The zero-order chi connectivity index (χ0) is 9.68. The minimum Gasteiger partial charge on any atom is -0.336 e. The summed E-state index contributed by atoms with van der Waals surface area (Å²) >= 11 is 0. The smallest absolute Gasteiger partial charge is 0.246 e. The van der Waals surface area contributed by atoms with Crippen LogP contribution in [0.3, 0.4) is 0 Å². The van der Waals surface area contributed by atoms with Gasteiger partial charge in [0.2, 0.25) is 5.91 Å². The lowest BCUT2D eigenvalue weighted by Crippen LogP contribution is -2.37. The van der Waals surface area contributed by atoms with E-state index in [1.807, 2.05) is 17.9 Å². The summed E-state index contributed by atoms with van der Waals surface area (Å²) in [5.41, 5.74) is 0. The maximum Gasteiger partial charge on any atom is 0.246 e. The molecule has 0 aliphatic heterocycles. The van der Waals surface area contributed by atoms with Crippen molar-refractivity contribution in [1.82, 2.24) is 4.90 Å². The molecule has 1 rings (SSSR count). The first-order valence-electron chi connectivity index (χ1n) is 5.23. The molecule has 0 aromatic rings. The number of rotatable bonds is 3. The molecule has 0 N–H and O–H groups in total. The molecule has 0 aromatic heterocycles. The van der Waals surface area contributed by atoms with E-state index in [9.17, 15) is 4.79 Å². The van der Waals surface area contributed by atoms with Crippen LogP contribution in [0.15, 0.2) is 12.2 Å². The van der Waals surface area contributed by atoms with E-state index in [0.717, 1.165) is 6.54 Å². The van der Waals surface area contributed by atoms with Crippen LogP contribution in [-0.2, 0) is 4.79 Å². The molecule has 74 valence electrons. The summed E-state index contributed by atoms with van der Waals surface area (Å²) in [5.74, 6) is 0.178. The predicted molar refractivity (Wildman–Crippen MR) is 54.5 cm³/mol. The number of amides is 1. The van der Waals surface area contributed by atoms with Crippen LogP contribution in [-0.4, -0.2) is 23.4 Å². The Balaban J connectivity index is 2.54. The van der Waals surface area contributed by atoms with E-state index in [0.29, 0.717) is 6.04 Å². The average molecular weight is 181 g/mol. The van der Waals surface area contributed by atoms with Gasteiger partial charge in [0, 0.05) is 12.6 Å². The highest BCUT2D eigenvalue weighted by molar-refractivity contribution is 5.87. The van der Waals surface area contributed by atoms with E-state index in [1.54, 1.807) is 6.08 Å². The van der Waals surface area contributed by atoms with E-state index < -0.39 is 0 Å². The standard InChI is InChI=1S/C11H19NO/c1-3-7-11(13)12(4-2)10-8-5-6-9-10/h3,7,10H,4-6,8-9H2,1-2H3. The quantitative estimate of drug-likeness (QED) is 0.612. The highest BCUT2D eigenvalue weighted by atomic mass is 16.2. The fraction of sp³-hybridized carbons (Fsp3) is 0.727. The molecular weight excluding hydrogens is 162 g/mol. The largest absolute Gasteiger partial charge is 0.336 e. The van der Waals surface area contributed by atoms with Crippen LogP contribution in [0.2, 0.25) is 0 Å². The van der Waals surface area contributed by atoms with Gasteiger partial charge in [-0.25, -0.2) is 0 Å². The first-order chi connectivity index (χ1) is 6.29. The Morgan fingerprint density at radius 1 is 1.46 bits per heavy atom. The van der Waals surface area contributed by atoms with Crippen molar-refractivity contribution in [3.63, 3.8) is 0 Å². The molecule has 0 aromatic carbocycles. The van der Waals surface area contributed by atoms with Crippen molar-refractivity contribution in [3.8, 4) is 0 Å². The molecule has 0 atom stereocenters. The molecule has 0 saturated heterocycles. The predicted octanol–water partition coefficient (Wildman–Crippen LogP) is 2.35. The molecular formula is C11H19NO. The molecule has 2 nitrogen and oxygen atoms in total. The molecule has 0 spiro atoms. The fourth-order valence-electron chi connectivity index (χ4n) is 2.05. The van der Waals surface area contributed by atoms with Gasteiger partial charge in [-0.15, -0.1) is 0 Å². The molecule has 0 heterocycles. The number of carbonyl (C=O) groups excluding carboxylic acids is 1. The third-order valence-corrected chi connectivity index (χ3v) is 2.70. The number of carbonyl (C=O) groups is 1. The summed E-state index contributed by atoms with van der Waals surface area (Å²) in [6.45, 7) is 4.79. The maximum absolute atomic E-state index is 11.6. The third kappa shape index (κ3) is 2.58. The Bertz CT molecular complexity index is 192. The summed E-state index contributed by atoms with van der Waals surface area (Å²) in [6, 6.07) is 0.508. The van der Waals surface area contributed by atoms with Crippen LogP contribution in [0.25, 0.3) is 0 Å². The Morgan fingerprint density at radius 3 is 2.54 bits per heavy atom. The summed E-state index contributed by atoms with van der Waals surface area (Å²) in [6.07, 6.45) is 8.44. The summed E-state index contributed by atoms with van der Waals surface area (Å²) < 4.78 is 0. The molecule has 1 fully saturated rings. The second-order valence-corrected chi connectivity index (χ2v) is 3.56. The number of nitrogens with zero attached hydrogens (tertiary/aromatic N) is 1. The number of likely N-dealkylation sites (N-methyl/N-ethyl adjacent to an activating group) is 1. The molecule has 13 heavy (non-hydrogen) atoms. The molecule has 0 radical (unpaired) electrons. The summed E-state index contributed by atoms with van der Waals surface area (Å²) in [7, 11) is 0. The van der Waals surface area contributed by atoms with Gasteiger partial charge in [-0.1, -0.05) is 18.9 Å². The Labute approximate surface area is 80.6 Å². The van der Waals surface area contributed by atoms with Gasteiger partial charge in [0.1, 0.15) is 0 Å². The van der Waals surface area contributed by atoms with Gasteiger partial charge >= 0.3 is 0 Å². The second kappa shape index (κ2) is 5.05. The van der Waals surface area contributed by atoms with Crippen LogP contribution in [0.1, 0.15) is 39.5 Å². The Kier molecular flexibility index (Phi) is 4.00. The van der Waals surface area contributed by atoms with Crippen molar-refractivity contribution in [2.45, 2.75) is 45.6 Å². The van der Waals surface area contributed by atoms with Crippen LogP contribution in [0.4, 0.5) is 0 Å². The lowest BCUT2D eigenvalue weighted by molar-refractivity contribution is -0.127. The van der Waals surface area contributed by atoms with E-state index in [2.05, 4.69) is 6.92 Å². The van der Waals surface area contributed by atoms with Crippen LogP contribution in [0, 0.1) is 0 Å². The summed E-state index contributed by atoms with van der Waals surface area (Å²) in [4.78, 5) is 13.6. The van der Waals surface area contributed by atoms with E-state index >= 15 is 0 Å². The molecule has 1 saturated carbocycles. The number of hydrogen-bond donors (Lipinski definition) is 0. The minimum atomic E-state index is 0.178. The first-order valence-corrected chi connectivity index (χ1v) is 5.23. The van der Waals surface area contributed by atoms with Crippen LogP contribution in [0.5, 0.6) is 0 Å². The van der Waals surface area contributed by atoms with Gasteiger partial charge in [0.15, 0.2) is 0 Å². The monoisotopic (exact) mass is 181 g/mol. The van der Waals surface area contributed by atoms with E-state index in [4.69, 9.17) is 0 Å². The van der Waals surface area contributed by atoms with Gasteiger partial charge < -0.3 is 4.90 Å². The molecule has 1 aliphatic rings. The molecule has 1 aliphatic carbocycles. The number of allylic oxidation sites excluding steroid dienone is 1. The van der Waals surface area contributed by atoms with Gasteiger partial charge in [-0.2, -0.15) is 0 Å². The third-order valence-electron chi connectivity index (χ3n) is 2.70. The topological polar surface area (TPSA) is 20.3 Å². The van der Waals surface area contributed by atoms with Crippen molar-refractivity contribution in [3.05, 3.63) is 12.2 Å². The molecule has 0 bridgehead atoms. The Hall–Kier alpha value is -0.790. The first kappa shape index (κ1) is 10.3. The highest BCUT2D eigenvalue weighted by Crippen LogP contribution is 2.23. The van der Waals surface area contributed by atoms with Gasteiger partial charge in [-0.3, -0.25) is 4.79 Å². The fourth-order valence-corrected chi connectivity index (χ4v) is 2.05. The maximum atomic E-state index is 11.6. The lowest BCUT2D eigenvalue weighted by Gasteiger charge is -2.26. The lowest BCUT2D eigenvalue weighted by atomic mass is 10.2. The second-order valence-electron chi connectivity index (χ2n) is 3.56. The average Bonchev–Trinajstić information content (AvgIpc) is 2.59. The molecule has 1 amide bonds. The van der Waals surface area contributed by atoms with Gasteiger partial charge in [0.05, 0.1) is 0 Å². The van der Waals surface area contributed by atoms with Gasteiger partial charge in [0.25, 0.3) is 0 Å². The van der Waals surface area contributed by atoms with Crippen molar-refractivity contribution < 1.29 is 4.79 Å². The summed E-state index contributed by atoms with van der Waals surface area (Å²) in [5, 5.41) is 0. The van der Waals surface area contributed by atoms with Crippen LogP contribution >= 0.6 is 0 Å². The van der Waals surface area contributed by atoms with Crippen molar-refractivity contribution in [2.24, 2.45) is 0 Å². The SMILES string of the molecule is CC=CC(=O)N(CC)C1CCCC1. The van der Waals surface area contributed by atoms with E-state index in [-0.39, 0.29) is 5.91 Å². The zero-order valence-corrected chi connectivity index (χ0v) is 8.62.